The minimum atomic E-state index is -0.744. The van der Waals surface area contributed by atoms with Gasteiger partial charge in [0.15, 0.2) is 0 Å². The van der Waals surface area contributed by atoms with Gasteiger partial charge in [0.1, 0.15) is 0 Å². The predicted octanol–water partition coefficient (Wildman–Crippen LogP) is 5.32. The Kier molecular flexibility index (Phi) is 7.62. The summed E-state index contributed by atoms with van der Waals surface area (Å²) in [5, 5.41) is 0. The molecule has 0 rings (SSSR count). The summed E-state index contributed by atoms with van der Waals surface area (Å²) in [6, 6.07) is 1.52. The Hall–Kier alpha value is 0.217. The Morgan fingerprint density at radius 1 is 0.786 bits per heavy atom. The lowest BCUT2D eigenvalue weighted by Gasteiger charge is -2.14. The van der Waals surface area contributed by atoms with Crippen molar-refractivity contribution >= 4 is 8.07 Å². The van der Waals surface area contributed by atoms with Crippen LogP contribution in [0.15, 0.2) is 0 Å². The van der Waals surface area contributed by atoms with E-state index in [1.54, 1.807) is 0 Å². The summed E-state index contributed by atoms with van der Waals surface area (Å²) < 4.78 is 0. The van der Waals surface area contributed by atoms with Crippen LogP contribution in [0.4, 0.5) is 0 Å². The standard InChI is InChI=1S/C13H30Si/c1-13(2)11-9-7-6-8-10-12-14(3,4)5/h13H,6-12H2,1-5H3. The second-order valence-electron chi connectivity index (χ2n) is 6.26. The van der Waals surface area contributed by atoms with Crippen LogP contribution in [0, 0.1) is 5.92 Å². The minimum absolute atomic E-state index is 0.744. The highest BCUT2D eigenvalue weighted by molar-refractivity contribution is 6.76. The van der Waals surface area contributed by atoms with Crippen molar-refractivity contribution in [3.63, 3.8) is 0 Å². The number of rotatable bonds is 8. The maximum Gasteiger partial charge on any atom is 0.0442 e. The normalized spacial score (nSPS) is 12.4. The fourth-order valence-corrected chi connectivity index (χ4v) is 3.05. The lowest BCUT2D eigenvalue weighted by Crippen LogP contribution is -2.18. The molecule has 0 saturated carbocycles. The number of unbranched alkanes of at least 4 members (excludes halogenated alkanes) is 4. The van der Waals surface area contributed by atoms with Gasteiger partial charge in [0.05, 0.1) is 0 Å². The van der Waals surface area contributed by atoms with E-state index in [9.17, 15) is 0 Å². The molecule has 0 amide bonds. The largest absolute Gasteiger partial charge is 0.0695 e. The summed E-state index contributed by atoms with van der Waals surface area (Å²) in [6.07, 6.45) is 8.76. The summed E-state index contributed by atoms with van der Waals surface area (Å²) in [6.45, 7) is 12.1. The van der Waals surface area contributed by atoms with E-state index in [-0.39, 0.29) is 0 Å². The second kappa shape index (κ2) is 7.50. The molecule has 1 heteroatoms. The number of hydrogen-bond donors (Lipinski definition) is 0. The highest BCUT2D eigenvalue weighted by Crippen LogP contribution is 2.16. The molecule has 0 atom stereocenters. The Morgan fingerprint density at radius 3 is 1.79 bits per heavy atom. The van der Waals surface area contributed by atoms with Crippen LogP contribution in [0.3, 0.4) is 0 Å². The molecule has 86 valence electrons. The molecule has 0 aromatic rings. The Labute approximate surface area is 92.5 Å². The molecule has 0 radical (unpaired) electrons. The first-order valence-corrected chi connectivity index (χ1v) is 10.1. The maximum absolute atomic E-state index is 2.48. The van der Waals surface area contributed by atoms with Crippen molar-refractivity contribution in [1.29, 1.82) is 0 Å². The molecule has 0 heterocycles. The molecule has 0 aromatic carbocycles. The summed E-state index contributed by atoms with van der Waals surface area (Å²) in [5.41, 5.74) is 0. The van der Waals surface area contributed by atoms with Crippen LogP contribution in [0.5, 0.6) is 0 Å². The van der Waals surface area contributed by atoms with Crippen molar-refractivity contribution in [2.24, 2.45) is 5.92 Å². The summed E-state index contributed by atoms with van der Waals surface area (Å²) in [7, 11) is -0.744. The van der Waals surface area contributed by atoms with Crippen LogP contribution in [0.2, 0.25) is 25.7 Å². The van der Waals surface area contributed by atoms with Gasteiger partial charge in [0.25, 0.3) is 0 Å². The van der Waals surface area contributed by atoms with Crippen molar-refractivity contribution in [3.05, 3.63) is 0 Å². The highest BCUT2D eigenvalue weighted by Gasteiger charge is 2.11. The van der Waals surface area contributed by atoms with E-state index >= 15 is 0 Å². The van der Waals surface area contributed by atoms with E-state index in [4.69, 9.17) is 0 Å². The molecule has 0 aliphatic rings. The van der Waals surface area contributed by atoms with Crippen LogP contribution in [-0.2, 0) is 0 Å². The van der Waals surface area contributed by atoms with Crippen molar-refractivity contribution in [3.8, 4) is 0 Å². The monoisotopic (exact) mass is 214 g/mol. The summed E-state index contributed by atoms with van der Waals surface area (Å²) in [5.74, 6) is 0.900. The van der Waals surface area contributed by atoms with E-state index in [1.165, 1.54) is 44.6 Å². The van der Waals surface area contributed by atoms with Crippen molar-refractivity contribution in [2.75, 3.05) is 0 Å². The van der Waals surface area contributed by atoms with Crippen molar-refractivity contribution in [2.45, 2.75) is 78.1 Å². The molecule has 0 aliphatic heterocycles. The van der Waals surface area contributed by atoms with Gasteiger partial charge in [0.2, 0.25) is 0 Å². The lowest BCUT2D eigenvalue weighted by atomic mass is 10.0. The smallest absolute Gasteiger partial charge is 0.0442 e. The molecule has 0 nitrogen and oxygen atoms in total. The van der Waals surface area contributed by atoms with Gasteiger partial charge in [-0.3, -0.25) is 0 Å². The Balaban J connectivity index is 3.07. The van der Waals surface area contributed by atoms with E-state index < -0.39 is 8.07 Å². The average molecular weight is 214 g/mol. The maximum atomic E-state index is 2.48. The molecule has 0 N–H and O–H groups in total. The first-order valence-electron chi connectivity index (χ1n) is 6.42. The zero-order valence-electron chi connectivity index (χ0n) is 11.0. The quantitative estimate of drug-likeness (QED) is 0.379. The van der Waals surface area contributed by atoms with E-state index in [2.05, 4.69) is 33.5 Å². The van der Waals surface area contributed by atoms with Gasteiger partial charge in [-0.05, 0) is 5.92 Å². The molecule has 0 aliphatic carbocycles. The first-order chi connectivity index (χ1) is 6.42. The molecular weight excluding hydrogens is 184 g/mol. The van der Waals surface area contributed by atoms with Gasteiger partial charge in [-0.25, -0.2) is 0 Å². The third kappa shape index (κ3) is 12.2. The Morgan fingerprint density at radius 2 is 1.29 bits per heavy atom. The average Bonchev–Trinajstić information content (AvgIpc) is 2.00. The topological polar surface area (TPSA) is 0 Å². The summed E-state index contributed by atoms with van der Waals surface area (Å²) in [4.78, 5) is 0. The van der Waals surface area contributed by atoms with Gasteiger partial charge >= 0.3 is 0 Å². The third-order valence-corrected chi connectivity index (χ3v) is 4.56. The second-order valence-corrected chi connectivity index (χ2v) is 11.9. The van der Waals surface area contributed by atoms with Gasteiger partial charge in [-0.1, -0.05) is 78.1 Å². The van der Waals surface area contributed by atoms with Crippen molar-refractivity contribution < 1.29 is 0 Å². The fourth-order valence-electron chi connectivity index (χ4n) is 1.74. The SMILES string of the molecule is CC(C)CCCCCCC[Si](C)(C)C. The molecule has 0 unspecified atom stereocenters. The van der Waals surface area contributed by atoms with Crippen LogP contribution in [-0.4, -0.2) is 8.07 Å². The molecule has 14 heavy (non-hydrogen) atoms. The van der Waals surface area contributed by atoms with Gasteiger partial charge in [-0.2, -0.15) is 0 Å². The van der Waals surface area contributed by atoms with Crippen LogP contribution in [0.25, 0.3) is 0 Å². The third-order valence-electron chi connectivity index (χ3n) is 2.71. The van der Waals surface area contributed by atoms with Gasteiger partial charge < -0.3 is 0 Å². The zero-order valence-corrected chi connectivity index (χ0v) is 12.0. The lowest BCUT2D eigenvalue weighted by molar-refractivity contribution is 0.518. The molecule has 0 saturated heterocycles. The molecule has 0 fully saturated rings. The molecule has 0 aromatic heterocycles. The highest BCUT2D eigenvalue weighted by atomic mass is 28.3. The van der Waals surface area contributed by atoms with Crippen LogP contribution >= 0.6 is 0 Å². The molecule has 0 spiro atoms. The van der Waals surface area contributed by atoms with Crippen molar-refractivity contribution in [1.82, 2.24) is 0 Å². The van der Waals surface area contributed by atoms with Gasteiger partial charge in [0, 0.05) is 8.07 Å². The van der Waals surface area contributed by atoms with E-state index in [0.29, 0.717) is 0 Å². The summed E-state index contributed by atoms with van der Waals surface area (Å²) >= 11 is 0. The van der Waals surface area contributed by atoms with Crippen LogP contribution in [0.1, 0.15) is 52.4 Å². The minimum Gasteiger partial charge on any atom is -0.0695 e. The zero-order chi connectivity index (χ0) is 11.0. The van der Waals surface area contributed by atoms with Crippen LogP contribution < -0.4 is 0 Å². The van der Waals surface area contributed by atoms with E-state index in [0.717, 1.165) is 5.92 Å². The van der Waals surface area contributed by atoms with E-state index in [1.807, 2.05) is 0 Å². The Bertz CT molecular complexity index is 122. The first kappa shape index (κ1) is 14.2. The number of hydrogen-bond acceptors (Lipinski definition) is 0. The molecule has 0 bridgehead atoms. The fraction of sp³-hybridized carbons (Fsp3) is 1.00. The van der Waals surface area contributed by atoms with Gasteiger partial charge in [-0.15, -0.1) is 0 Å². The predicted molar refractivity (Wildman–Crippen MR) is 70.7 cm³/mol. The molecular formula is C13H30Si.